The van der Waals surface area contributed by atoms with Gasteiger partial charge in [-0.3, -0.25) is 0 Å². The van der Waals surface area contributed by atoms with Crippen LogP contribution in [-0.2, 0) is 0 Å². The molecule has 0 aliphatic rings. The lowest BCUT2D eigenvalue weighted by Crippen LogP contribution is -2.25. The molecule has 0 atom stereocenters. The summed E-state index contributed by atoms with van der Waals surface area (Å²) in [6.45, 7) is 1.07. The zero-order chi connectivity index (χ0) is 14.5. The van der Waals surface area contributed by atoms with Crippen LogP contribution in [0.2, 0.25) is 6.82 Å². The van der Waals surface area contributed by atoms with Crippen LogP contribution in [0.25, 0.3) is 12.2 Å². The van der Waals surface area contributed by atoms with Crippen LogP contribution in [0.5, 0.6) is 11.5 Å². The van der Waals surface area contributed by atoms with Gasteiger partial charge in [-0.05, 0) is 40.9 Å². The normalized spacial score (nSPS) is 10.8. The Morgan fingerprint density at radius 3 is 2.25 bits per heavy atom. The summed E-state index contributed by atoms with van der Waals surface area (Å²) in [5, 5.41) is 19.2. The van der Waals surface area contributed by atoms with Crippen molar-refractivity contribution in [2.75, 3.05) is 7.11 Å². The highest BCUT2D eigenvalue weighted by Gasteiger charge is 2.08. The van der Waals surface area contributed by atoms with Gasteiger partial charge in [0.2, 0.25) is 0 Å². The first-order chi connectivity index (χ1) is 9.58. The smallest absolute Gasteiger partial charge is 0.320 e. The number of ether oxygens (including phenoxy) is 1. The summed E-state index contributed by atoms with van der Waals surface area (Å²) in [5.41, 5.74) is 2.57. The molecule has 0 saturated carbocycles. The molecule has 20 heavy (non-hydrogen) atoms. The first-order valence-corrected chi connectivity index (χ1v) is 6.42. The molecule has 0 fully saturated rings. The molecule has 0 aromatic heterocycles. The third-order valence-corrected chi connectivity index (χ3v) is 3.03. The minimum atomic E-state index is -0.602. The highest BCUT2D eigenvalue weighted by Crippen LogP contribution is 2.16. The van der Waals surface area contributed by atoms with Crippen LogP contribution in [-0.4, -0.2) is 24.2 Å². The minimum Gasteiger partial charge on any atom is -0.508 e. The van der Waals surface area contributed by atoms with E-state index in [1.807, 2.05) is 42.5 Å². The molecule has 102 valence electrons. The van der Waals surface area contributed by atoms with Crippen molar-refractivity contribution in [3.63, 3.8) is 0 Å². The van der Waals surface area contributed by atoms with E-state index in [1.165, 1.54) is 0 Å². The summed E-state index contributed by atoms with van der Waals surface area (Å²) >= 11 is 0. The zero-order valence-electron chi connectivity index (χ0n) is 11.6. The predicted molar refractivity (Wildman–Crippen MR) is 83.5 cm³/mol. The fourth-order valence-corrected chi connectivity index (χ4v) is 1.90. The highest BCUT2D eigenvalue weighted by atomic mass is 16.5. The summed E-state index contributed by atoms with van der Waals surface area (Å²) in [7, 11) is 1.63. The lowest BCUT2D eigenvalue weighted by atomic mass is 9.64. The maximum absolute atomic E-state index is 9.65. The molecule has 2 aromatic carbocycles. The van der Waals surface area contributed by atoms with Crippen molar-refractivity contribution < 1.29 is 14.9 Å². The average molecular weight is 268 g/mol. The quantitative estimate of drug-likeness (QED) is 0.661. The molecule has 0 spiro atoms. The molecule has 3 nitrogen and oxygen atoms in total. The number of rotatable bonds is 4. The fraction of sp³-hybridized carbons (Fsp3) is 0.125. The standard InChI is InChI=1S/C16H17BO3/c1-17(19)14-9-13(10-15(18)11-14)4-3-12-5-7-16(20-2)8-6-12/h3-11,18-19H,1-2H3/b4-3+. The monoisotopic (exact) mass is 268 g/mol. The van der Waals surface area contributed by atoms with E-state index < -0.39 is 6.92 Å². The Kier molecular flexibility index (Phi) is 4.48. The molecule has 2 N–H and O–H groups in total. The van der Waals surface area contributed by atoms with Crippen molar-refractivity contribution >= 4 is 24.5 Å². The third-order valence-electron chi connectivity index (χ3n) is 3.03. The Morgan fingerprint density at radius 1 is 1.00 bits per heavy atom. The largest absolute Gasteiger partial charge is 0.508 e. The van der Waals surface area contributed by atoms with Crippen LogP contribution in [0.15, 0.2) is 42.5 Å². The molecular formula is C16H17BO3. The summed E-state index contributed by atoms with van der Waals surface area (Å²) in [5.74, 6) is 0.966. The predicted octanol–water partition coefficient (Wildman–Crippen LogP) is 2.39. The lowest BCUT2D eigenvalue weighted by Gasteiger charge is -2.04. The number of aromatic hydroxyl groups is 1. The van der Waals surface area contributed by atoms with E-state index in [2.05, 4.69) is 0 Å². The van der Waals surface area contributed by atoms with Crippen molar-refractivity contribution in [1.82, 2.24) is 0 Å². The zero-order valence-corrected chi connectivity index (χ0v) is 11.6. The van der Waals surface area contributed by atoms with Crippen LogP contribution >= 0.6 is 0 Å². The molecule has 0 heterocycles. The van der Waals surface area contributed by atoms with Crippen molar-refractivity contribution in [3.8, 4) is 11.5 Å². The van der Waals surface area contributed by atoms with Gasteiger partial charge in [0.25, 0.3) is 0 Å². The third kappa shape index (κ3) is 3.65. The molecule has 0 amide bonds. The topological polar surface area (TPSA) is 49.7 Å². The number of phenolic OH excluding ortho intramolecular Hbond substituents is 1. The summed E-state index contributed by atoms with van der Waals surface area (Å²) in [4.78, 5) is 0. The highest BCUT2D eigenvalue weighted by molar-refractivity contribution is 6.64. The van der Waals surface area contributed by atoms with Crippen LogP contribution in [0.4, 0.5) is 0 Å². The average Bonchev–Trinajstić information content (AvgIpc) is 2.45. The Balaban J connectivity index is 2.21. The Hall–Kier alpha value is -2.20. The first kappa shape index (κ1) is 14.2. The van der Waals surface area contributed by atoms with Gasteiger partial charge in [0.05, 0.1) is 7.11 Å². The van der Waals surface area contributed by atoms with E-state index in [4.69, 9.17) is 4.74 Å². The van der Waals surface area contributed by atoms with Crippen molar-refractivity contribution in [2.45, 2.75) is 6.82 Å². The van der Waals surface area contributed by atoms with Crippen LogP contribution in [0.3, 0.4) is 0 Å². The molecule has 2 aromatic rings. The first-order valence-electron chi connectivity index (χ1n) is 6.42. The number of phenols is 1. The van der Waals surface area contributed by atoms with Gasteiger partial charge >= 0.3 is 6.92 Å². The van der Waals surface area contributed by atoms with Gasteiger partial charge in [-0.1, -0.05) is 37.2 Å². The second-order valence-electron chi connectivity index (χ2n) is 4.64. The van der Waals surface area contributed by atoms with Gasteiger partial charge in [0, 0.05) is 0 Å². The van der Waals surface area contributed by atoms with Crippen molar-refractivity contribution in [3.05, 3.63) is 53.6 Å². The summed E-state index contributed by atoms with van der Waals surface area (Å²) in [6.07, 6.45) is 3.84. The SMILES string of the molecule is COc1ccc(/C=C/c2cc(O)cc(B(C)O)c2)cc1. The molecule has 4 heteroatoms. The summed E-state index contributed by atoms with van der Waals surface area (Å²) < 4.78 is 5.10. The molecule has 0 radical (unpaired) electrons. The maximum Gasteiger partial charge on any atom is 0.320 e. The van der Waals surface area contributed by atoms with Crippen molar-refractivity contribution in [2.24, 2.45) is 0 Å². The molecular weight excluding hydrogens is 251 g/mol. The second-order valence-corrected chi connectivity index (χ2v) is 4.64. The van der Waals surface area contributed by atoms with E-state index in [0.29, 0.717) is 5.46 Å². The molecule has 0 saturated heterocycles. The Morgan fingerprint density at radius 2 is 1.65 bits per heavy atom. The Bertz CT molecular complexity index is 604. The van der Waals surface area contributed by atoms with E-state index in [0.717, 1.165) is 16.9 Å². The molecule has 0 bridgehead atoms. The van der Waals surface area contributed by atoms with Crippen LogP contribution in [0.1, 0.15) is 11.1 Å². The van der Waals surface area contributed by atoms with E-state index in [9.17, 15) is 10.1 Å². The van der Waals surface area contributed by atoms with Gasteiger partial charge in [0.15, 0.2) is 0 Å². The van der Waals surface area contributed by atoms with Crippen LogP contribution in [0, 0.1) is 0 Å². The van der Waals surface area contributed by atoms with Gasteiger partial charge in [-0.2, -0.15) is 0 Å². The van der Waals surface area contributed by atoms with Gasteiger partial charge in [-0.15, -0.1) is 0 Å². The molecule has 0 aliphatic heterocycles. The number of benzene rings is 2. The van der Waals surface area contributed by atoms with E-state index in [1.54, 1.807) is 26.1 Å². The fourth-order valence-electron chi connectivity index (χ4n) is 1.90. The van der Waals surface area contributed by atoms with E-state index in [-0.39, 0.29) is 5.75 Å². The molecule has 0 aliphatic carbocycles. The number of hydrogen-bond donors (Lipinski definition) is 2. The second kappa shape index (κ2) is 6.30. The van der Waals surface area contributed by atoms with Crippen molar-refractivity contribution in [1.29, 1.82) is 0 Å². The maximum atomic E-state index is 9.65. The van der Waals surface area contributed by atoms with E-state index >= 15 is 0 Å². The molecule has 2 rings (SSSR count). The minimum absolute atomic E-state index is 0.151. The van der Waals surface area contributed by atoms with Gasteiger partial charge in [0.1, 0.15) is 11.5 Å². The number of hydrogen-bond acceptors (Lipinski definition) is 3. The lowest BCUT2D eigenvalue weighted by molar-refractivity contribution is 0.415. The summed E-state index contributed by atoms with van der Waals surface area (Å²) in [6, 6.07) is 12.8. The Labute approximate surface area is 119 Å². The van der Waals surface area contributed by atoms with Crippen LogP contribution < -0.4 is 10.2 Å². The molecule has 0 unspecified atom stereocenters. The number of methoxy groups -OCH3 is 1. The van der Waals surface area contributed by atoms with Gasteiger partial charge < -0.3 is 14.9 Å². The van der Waals surface area contributed by atoms with Gasteiger partial charge in [-0.25, -0.2) is 0 Å².